The van der Waals surface area contributed by atoms with Crippen LogP contribution in [0.2, 0.25) is 0 Å². The van der Waals surface area contributed by atoms with E-state index in [0.29, 0.717) is 17.6 Å². The minimum atomic E-state index is 0.550. The molecule has 0 atom stereocenters. The van der Waals surface area contributed by atoms with Gasteiger partial charge in [-0.05, 0) is 90.6 Å². The molecular formula is C55H32N4O. The fourth-order valence-corrected chi connectivity index (χ4v) is 9.55. The molecule has 0 unspecified atom stereocenters. The highest BCUT2D eigenvalue weighted by atomic mass is 16.3. The van der Waals surface area contributed by atoms with Crippen LogP contribution in [0.15, 0.2) is 199 Å². The molecule has 0 fully saturated rings. The molecule has 278 valence electrons. The van der Waals surface area contributed by atoms with Gasteiger partial charge in [-0.3, -0.25) is 4.57 Å². The number of rotatable bonds is 4. The van der Waals surface area contributed by atoms with Crippen LogP contribution < -0.4 is 0 Å². The van der Waals surface area contributed by atoms with Crippen molar-refractivity contribution in [3.63, 3.8) is 0 Å². The second-order valence-electron chi connectivity index (χ2n) is 15.5. The average Bonchev–Trinajstić information content (AvgIpc) is 3.85. The Morgan fingerprint density at radius 2 is 0.883 bits per heavy atom. The Labute approximate surface area is 343 Å². The number of aromatic nitrogens is 4. The van der Waals surface area contributed by atoms with Crippen molar-refractivity contribution in [3.05, 3.63) is 194 Å². The summed E-state index contributed by atoms with van der Waals surface area (Å²) in [4.78, 5) is 16.3. The number of hydrogen-bond acceptors (Lipinski definition) is 4. The number of hydrogen-bond donors (Lipinski definition) is 0. The summed E-state index contributed by atoms with van der Waals surface area (Å²) in [6, 6.07) is 68.6. The van der Waals surface area contributed by atoms with Crippen LogP contribution >= 0.6 is 0 Å². The second-order valence-corrected chi connectivity index (χ2v) is 15.5. The average molecular weight is 765 g/mol. The molecule has 0 saturated carbocycles. The van der Waals surface area contributed by atoms with E-state index in [1.54, 1.807) is 0 Å². The lowest BCUT2D eigenvalue weighted by atomic mass is 9.92. The number of fused-ring (bicyclic) bond motifs is 11. The Morgan fingerprint density at radius 1 is 0.317 bits per heavy atom. The summed E-state index contributed by atoms with van der Waals surface area (Å²) in [6.45, 7) is 0. The number of benzene rings is 10. The van der Waals surface area contributed by atoms with E-state index in [4.69, 9.17) is 19.4 Å². The summed E-state index contributed by atoms with van der Waals surface area (Å²) in [5.74, 6) is 1.72. The molecule has 13 aromatic rings. The normalized spacial score (nSPS) is 12.0. The SMILES string of the molecule is c1ccc2cc3c(cc2c1)oc1cccc(-c2nc(-c4ccc(-c5cccc6ccccc56)c5ccccc45)nc(-n4c5ccccc5c5c6ccccc6ccc54)n2)c13. The van der Waals surface area contributed by atoms with E-state index in [-0.39, 0.29) is 0 Å². The number of furan rings is 1. The van der Waals surface area contributed by atoms with E-state index >= 15 is 0 Å². The Morgan fingerprint density at radius 3 is 1.70 bits per heavy atom. The third kappa shape index (κ3) is 4.84. The fraction of sp³-hybridized carbons (Fsp3) is 0. The van der Waals surface area contributed by atoms with Crippen LogP contribution in [-0.4, -0.2) is 19.5 Å². The van der Waals surface area contributed by atoms with E-state index in [2.05, 4.69) is 187 Å². The summed E-state index contributed by atoms with van der Waals surface area (Å²) in [5, 5.41) is 13.6. The molecule has 0 N–H and O–H groups in total. The maximum atomic E-state index is 6.56. The lowest BCUT2D eigenvalue weighted by molar-refractivity contribution is 0.669. The van der Waals surface area contributed by atoms with Gasteiger partial charge in [0, 0.05) is 32.7 Å². The van der Waals surface area contributed by atoms with E-state index in [1.165, 1.54) is 32.5 Å². The van der Waals surface area contributed by atoms with Gasteiger partial charge < -0.3 is 4.42 Å². The first kappa shape index (κ1) is 32.9. The monoisotopic (exact) mass is 764 g/mol. The van der Waals surface area contributed by atoms with E-state index in [1.807, 2.05) is 12.1 Å². The van der Waals surface area contributed by atoms with Gasteiger partial charge in [0.05, 0.1) is 11.0 Å². The van der Waals surface area contributed by atoms with E-state index < -0.39 is 0 Å². The van der Waals surface area contributed by atoms with Crippen molar-refractivity contribution in [3.8, 4) is 39.9 Å². The molecule has 3 aromatic heterocycles. The van der Waals surface area contributed by atoms with Crippen LogP contribution in [0.5, 0.6) is 0 Å². The Hall–Kier alpha value is -8.15. The van der Waals surface area contributed by atoms with Gasteiger partial charge in [-0.2, -0.15) is 9.97 Å². The topological polar surface area (TPSA) is 56.7 Å². The van der Waals surface area contributed by atoms with Crippen LogP contribution in [-0.2, 0) is 0 Å². The zero-order chi connectivity index (χ0) is 39.3. The van der Waals surface area contributed by atoms with Crippen molar-refractivity contribution in [1.82, 2.24) is 19.5 Å². The van der Waals surface area contributed by atoms with Gasteiger partial charge in [0.25, 0.3) is 0 Å². The zero-order valence-electron chi connectivity index (χ0n) is 32.2. The molecule has 0 aliphatic heterocycles. The Kier molecular flexibility index (Phi) is 6.95. The smallest absolute Gasteiger partial charge is 0.238 e. The lowest BCUT2D eigenvalue weighted by Gasteiger charge is -2.15. The minimum Gasteiger partial charge on any atom is -0.456 e. The van der Waals surface area contributed by atoms with Crippen LogP contribution in [0.4, 0.5) is 0 Å². The van der Waals surface area contributed by atoms with Gasteiger partial charge in [-0.15, -0.1) is 0 Å². The van der Waals surface area contributed by atoms with Gasteiger partial charge in [0.15, 0.2) is 11.6 Å². The first-order valence-electron chi connectivity index (χ1n) is 20.3. The highest BCUT2D eigenvalue weighted by Gasteiger charge is 2.23. The molecule has 10 aromatic carbocycles. The maximum Gasteiger partial charge on any atom is 0.238 e. The third-order valence-electron chi connectivity index (χ3n) is 12.2. The Bertz CT molecular complexity index is 3910. The van der Waals surface area contributed by atoms with Gasteiger partial charge in [-0.1, -0.05) is 158 Å². The van der Waals surface area contributed by atoms with Crippen LogP contribution in [0.3, 0.4) is 0 Å². The van der Waals surface area contributed by atoms with Crippen LogP contribution in [0.25, 0.3) is 127 Å². The van der Waals surface area contributed by atoms with Crippen molar-refractivity contribution in [2.75, 3.05) is 0 Å². The summed E-state index contributed by atoms with van der Waals surface area (Å²) < 4.78 is 8.77. The molecule has 60 heavy (non-hydrogen) atoms. The van der Waals surface area contributed by atoms with Gasteiger partial charge in [0.2, 0.25) is 5.95 Å². The van der Waals surface area contributed by atoms with Crippen molar-refractivity contribution in [2.24, 2.45) is 0 Å². The highest BCUT2D eigenvalue weighted by Crippen LogP contribution is 2.42. The molecule has 0 saturated heterocycles. The van der Waals surface area contributed by atoms with Crippen molar-refractivity contribution in [1.29, 1.82) is 0 Å². The lowest BCUT2D eigenvalue weighted by Crippen LogP contribution is -2.06. The third-order valence-corrected chi connectivity index (χ3v) is 12.2. The predicted octanol–water partition coefficient (Wildman–Crippen LogP) is 14.5. The van der Waals surface area contributed by atoms with E-state index in [9.17, 15) is 0 Å². The van der Waals surface area contributed by atoms with Gasteiger partial charge in [0.1, 0.15) is 11.2 Å². The van der Waals surface area contributed by atoms with Crippen molar-refractivity contribution >= 4 is 86.8 Å². The molecule has 0 bridgehead atoms. The number of nitrogens with zero attached hydrogens (tertiary/aromatic N) is 4. The standard InChI is InChI=1S/C55H32N4O/c1-2-16-36-32-50-46(31-35(36)15-1)52-45(24-12-26-49(52)60-50)54-56-53(43-29-28-42(40-20-7-8-21-41(40)43)39-23-11-17-33-13-3-5-18-37(33)39)57-55(58-54)59-47-25-10-9-22-44(47)51-38-19-6-4-14-34(38)27-30-48(51)59/h1-32H. The van der Waals surface area contributed by atoms with Gasteiger partial charge in [-0.25, -0.2) is 4.98 Å². The molecule has 5 nitrogen and oxygen atoms in total. The summed E-state index contributed by atoms with van der Waals surface area (Å²) >= 11 is 0. The molecule has 5 heteroatoms. The molecule has 0 aliphatic rings. The maximum absolute atomic E-state index is 6.56. The fourth-order valence-electron chi connectivity index (χ4n) is 9.55. The molecule has 0 radical (unpaired) electrons. The van der Waals surface area contributed by atoms with E-state index in [0.717, 1.165) is 76.6 Å². The molecule has 0 aliphatic carbocycles. The second kappa shape index (κ2) is 12.7. The van der Waals surface area contributed by atoms with Crippen molar-refractivity contribution < 1.29 is 4.42 Å². The molecule has 0 spiro atoms. The zero-order valence-corrected chi connectivity index (χ0v) is 32.2. The summed E-state index contributed by atoms with van der Waals surface area (Å²) in [7, 11) is 0. The Balaban J connectivity index is 1.12. The first-order valence-corrected chi connectivity index (χ1v) is 20.3. The largest absolute Gasteiger partial charge is 0.456 e. The van der Waals surface area contributed by atoms with Crippen molar-refractivity contribution in [2.45, 2.75) is 0 Å². The quantitative estimate of drug-likeness (QED) is 0.179. The molecular weight excluding hydrogens is 733 g/mol. The minimum absolute atomic E-state index is 0.550. The summed E-state index contributed by atoms with van der Waals surface area (Å²) in [5.41, 5.74) is 7.85. The van der Waals surface area contributed by atoms with Crippen LogP contribution in [0, 0.1) is 0 Å². The summed E-state index contributed by atoms with van der Waals surface area (Å²) in [6.07, 6.45) is 0. The number of para-hydroxylation sites is 1. The van der Waals surface area contributed by atoms with Gasteiger partial charge >= 0.3 is 0 Å². The molecule has 0 amide bonds. The predicted molar refractivity (Wildman–Crippen MR) is 248 cm³/mol. The highest BCUT2D eigenvalue weighted by molar-refractivity contribution is 6.21. The van der Waals surface area contributed by atoms with Crippen LogP contribution in [0.1, 0.15) is 0 Å². The first-order chi connectivity index (χ1) is 29.7. The molecule has 3 heterocycles. The molecule has 13 rings (SSSR count).